The standard InChI is InChI=1S/C21H22N4O5/c1-23(2)8-7-13-9-16-20-24(30-12-29-20)11-17-14-5-3-4-6-15(14)19(25(27)28)22-21(16,17)10-18(13)26/h3-6,11,13H,7-10,12H2,1-2H3. The summed E-state index contributed by atoms with van der Waals surface area (Å²) in [5, 5.41) is 13.5. The van der Waals surface area contributed by atoms with Gasteiger partial charge in [0.2, 0.25) is 18.2 Å². The molecule has 0 aromatic heterocycles. The predicted octanol–water partition coefficient (Wildman–Crippen LogP) is 2.18. The SMILES string of the molecule is CN(C)CCC1CC2=C3OCON3C=C3c4ccccc4C([N+](=O)[O-])=NC32CC1=O. The van der Waals surface area contributed by atoms with Crippen LogP contribution in [0, 0.1) is 16.0 Å². The number of rotatable bonds is 3. The van der Waals surface area contributed by atoms with E-state index in [1.807, 2.05) is 31.1 Å². The zero-order valence-electron chi connectivity index (χ0n) is 16.8. The number of nitrogens with zero attached hydrogens (tertiary/aromatic N) is 4. The highest BCUT2D eigenvalue weighted by Crippen LogP contribution is 2.54. The fraction of sp³-hybridized carbons (Fsp3) is 0.429. The van der Waals surface area contributed by atoms with Crippen LogP contribution in [-0.4, -0.2) is 59.5 Å². The Morgan fingerprint density at radius 2 is 2.10 bits per heavy atom. The number of carbonyl (C=O) groups is 1. The third-order valence-corrected chi connectivity index (χ3v) is 6.23. The van der Waals surface area contributed by atoms with Gasteiger partial charge >= 0.3 is 5.84 Å². The molecule has 9 heteroatoms. The summed E-state index contributed by atoms with van der Waals surface area (Å²) in [6.45, 7) is 0.838. The van der Waals surface area contributed by atoms with E-state index in [0.29, 0.717) is 29.9 Å². The van der Waals surface area contributed by atoms with Crippen molar-refractivity contribution < 1.29 is 19.3 Å². The number of aliphatic imine (C=N–C) groups is 1. The van der Waals surface area contributed by atoms with Crippen LogP contribution < -0.4 is 0 Å². The number of ether oxygens (including phenoxy) is 1. The lowest BCUT2D eigenvalue weighted by molar-refractivity contribution is -0.349. The Hall–Kier alpha value is -3.04. The molecule has 1 saturated carbocycles. The highest BCUT2D eigenvalue weighted by molar-refractivity contribution is 6.06. The first kappa shape index (κ1) is 19.0. The van der Waals surface area contributed by atoms with Gasteiger partial charge in [-0.05, 0) is 50.0 Å². The maximum absolute atomic E-state index is 13.2. The second-order valence-corrected chi connectivity index (χ2v) is 8.28. The topological polar surface area (TPSA) is 97.5 Å². The van der Waals surface area contributed by atoms with Gasteiger partial charge in [0.15, 0.2) is 0 Å². The molecule has 0 N–H and O–H groups in total. The van der Waals surface area contributed by atoms with Gasteiger partial charge in [0.1, 0.15) is 5.78 Å². The molecule has 4 aliphatic rings. The van der Waals surface area contributed by atoms with Gasteiger partial charge in [-0.2, -0.15) is 5.06 Å². The molecule has 2 atom stereocenters. The molecule has 3 heterocycles. The largest absolute Gasteiger partial charge is 0.448 e. The fourth-order valence-corrected chi connectivity index (χ4v) is 4.79. The second-order valence-electron chi connectivity index (χ2n) is 8.28. The molecule has 0 bridgehead atoms. The molecule has 1 aromatic rings. The van der Waals surface area contributed by atoms with Crippen molar-refractivity contribution in [1.29, 1.82) is 0 Å². The first-order valence-corrected chi connectivity index (χ1v) is 9.93. The minimum Gasteiger partial charge on any atom is -0.448 e. The Morgan fingerprint density at radius 3 is 2.83 bits per heavy atom. The Morgan fingerprint density at radius 1 is 1.33 bits per heavy atom. The number of benzene rings is 1. The van der Waals surface area contributed by atoms with Gasteiger partial charge < -0.3 is 19.8 Å². The summed E-state index contributed by atoms with van der Waals surface area (Å²) in [5.41, 5.74) is 1.56. The van der Waals surface area contributed by atoms with Crippen LogP contribution in [0.1, 0.15) is 30.4 Å². The molecule has 0 radical (unpaired) electrons. The lowest BCUT2D eigenvalue weighted by Crippen LogP contribution is -2.48. The van der Waals surface area contributed by atoms with Gasteiger partial charge in [0.05, 0.1) is 12.0 Å². The summed E-state index contributed by atoms with van der Waals surface area (Å²) in [5.74, 6) is 0.183. The maximum Gasteiger partial charge on any atom is 0.367 e. The van der Waals surface area contributed by atoms with Gasteiger partial charge in [0, 0.05) is 23.3 Å². The Kier molecular flexibility index (Phi) is 4.26. The van der Waals surface area contributed by atoms with E-state index < -0.39 is 10.5 Å². The molecule has 0 amide bonds. The zero-order chi connectivity index (χ0) is 21.0. The van der Waals surface area contributed by atoms with E-state index in [2.05, 4.69) is 4.99 Å². The molecule has 5 rings (SSSR count). The van der Waals surface area contributed by atoms with Crippen LogP contribution in [0.3, 0.4) is 0 Å². The van der Waals surface area contributed by atoms with Gasteiger partial charge in [-0.25, -0.2) is 4.84 Å². The van der Waals surface area contributed by atoms with Gasteiger partial charge in [-0.15, -0.1) is 0 Å². The van der Waals surface area contributed by atoms with Crippen LogP contribution in [-0.2, 0) is 14.4 Å². The van der Waals surface area contributed by atoms with Crippen molar-refractivity contribution in [3.8, 4) is 0 Å². The van der Waals surface area contributed by atoms with E-state index in [9.17, 15) is 14.9 Å². The van der Waals surface area contributed by atoms with E-state index >= 15 is 0 Å². The van der Waals surface area contributed by atoms with Crippen molar-refractivity contribution >= 4 is 17.2 Å². The Balaban J connectivity index is 1.68. The number of hydrogen-bond donors (Lipinski definition) is 0. The van der Waals surface area contributed by atoms with Crippen LogP contribution in [0.2, 0.25) is 0 Å². The van der Waals surface area contributed by atoms with Crippen LogP contribution in [0.15, 0.2) is 46.9 Å². The third kappa shape index (κ3) is 2.69. The summed E-state index contributed by atoms with van der Waals surface area (Å²) < 4.78 is 5.74. The lowest BCUT2D eigenvalue weighted by Gasteiger charge is -2.42. The molecule has 3 aliphatic heterocycles. The minimum atomic E-state index is -1.12. The summed E-state index contributed by atoms with van der Waals surface area (Å²) >= 11 is 0. The molecule has 1 spiro atoms. The summed E-state index contributed by atoms with van der Waals surface area (Å²) in [6, 6.07) is 7.11. The number of nitro groups is 1. The van der Waals surface area contributed by atoms with Crippen molar-refractivity contribution in [1.82, 2.24) is 9.96 Å². The molecular weight excluding hydrogens is 388 g/mol. The van der Waals surface area contributed by atoms with Gasteiger partial charge in [0.25, 0.3) is 0 Å². The van der Waals surface area contributed by atoms with Crippen LogP contribution in [0.25, 0.3) is 5.57 Å². The molecule has 30 heavy (non-hydrogen) atoms. The van der Waals surface area contributed by atoms with Crippen molar-refractivity contribution in [3.63, 3.8) is 0 Å². The molecule has 1 saturated heterocycles. The van der Waals surface area contributed by atoms with Crippen molar-refractivity contribution in [3.05, 3.63) is 63.2 Å². The normalized spacial score (nSPS) is 27.0. The van der Waals surface area contributed by atoms with E-state index in [1.54, 1.807) is 23.4 Å². The minimum absolute atomic E-state index is 0.0580. The molecule has 156 valence electrons. The molecule has 2 unspecified atom stereocenters. The average Bonchev–Trinajstić information content (AvgIpc) is 3.18. The Labute approximate surface area is 173 Å². The fourth-order valence-electron chi connectivity index (χ4n) is 4.79. The van der Waals surface area contributed by atoms with Crippen molar-refractivity contribution in [2.75, 3.05) is 27.4 Å². The van der Waals surface area contributed by atoms with Gasteiger partial charge in [-0.1, -0.05) is 23.2 Å². The molecule has 1 aliphatic carbocycles. The van der Waals surface area contributed by atoms with Crippen LogP contribution in [0.4, 0.5) is 0 Å². The highest BCUT2D eigenvalue weighted by atomic mass is 16.8. The molecule has 1 aromatic carbocycles. The second kappa shape index (κ2) is 6.75. The number of amidine groups is 1. The monoisotopic (exact) mass is 410 g/mol. The molecular formula is C21H22N4O5. The van der Waals surface area contributed by atoms with E-state index in [4.69, 9.17) is 9.57 Å². The summed E-state index contributed by atoms with van der Waals surface area (Å²) in [7, 11) is 3.94. The van der Waals surface area contributed by atoms with E-state index in [1.165, 1.54) is 0 Å². The quantitative estimate of drug-likeness (QED) is 0.556. The maximum atomic E-state index is 13.2. The Bertz CT molecular complexity index is 1040. The number of fused-ring (bicyclic) bond motifs is 3. The van der Waals surface area contributed by atoms with E-state index in [0.717, 1.165) is 17.7 Å². The average molecular weight is 410 g/mol. The lowest BCUT2D eigenvalue weighted by atomic mass is 9.64. The summed E-state index contributed by atoms with van der Waals surface area (Å²) in [6.07, 6.45) is 2.99. The first-order valence-electron chi connectivity index (χ1n) is 9.93. The first-order chi connectivity index (χ1) is 14.4. The number of carbonyl (C=O) groups excluding carboxylic acids is 1. The summed E-state index contributed by atoms with van der Waals surface area (Å²) in [4.78, 5) is 36.9. The number of ketones is 1. The van der Waals surface area contributed by atoms with Crippen molar-refractivity contribution in [2.45, 2.75) is 24.8 Å². The smallest absolute Gasteiger partial charge is 0.367 e. The molecule has 9 nitrogen and oxygen atoms in total. The zero-order valence-corrected chi connectivity index (χ0v) is 16.8. The van der Waals surface area contributed by atoms with Crippen molar-refractivity contribution in [2.24, 2.45) is 10.9 Å². The number of hydroxylamine groups is 2. The molecule has 2 fully saturated rings. The number of hydrogen-bond acceptors (Lipinski definition) is 8. The van der Waals surface area contributed by atoms with E-state index in [-0.39, 0.29) is 30.8 Å². The third-order valence-electron chi connectivity index (χ3n) is 6.23. The number of Topliss-reactive ketones (excluding diaryl/α,β-unsaturated/α-hetero) is 1. The van der Waals surface area contributed by atoms with Crippen LogP contribution >= 0.6 is 0 Å². The van der Waals surface area contributed by atoms with Gasteiger partial charge in [-0.3, -0.25) is 4.79 Å². The van der Waals surface area contributed by atoms with Crippen LogP contribution in [0.5, 0.6) is 0 Å². The highest BCUT2D eigenvalue weighted by Gasteiger charge is 2.59. The predicted molar refractivity (Wildman–Crippen MR) is 107 cm³/mol.